The van der Waals surface area contributed by atoms with Crippen molar-refractivity contribution >= 4 is 24.8 Å². The summed E-state index contributed by atoms with van der Waals surface area (Å²) in [5.74, 6) is 1.99. The number of likely N-dealkylation sites (tertiary alicyclic amines) is 2. The summed E-state index contributed by atoms with van der Waals surface area (Å²) in [6, 6.07) is 0. The molecule has 0 amide bonds. The first-order valence-corrected chi connectivity index (χ1v) is 9.05. The van der Waals surface area contributed by atoms with E-state index in [1.807, 2.05) is 0 Å². The van der Waals surface area contributed by atoms with E-state index in [2.05, 4.69) is 15.1 Å². The molecule has 0 spiro atoms. The monoisotopic (exact) mass is 351 g/mol. The van der Waals surface area contributed by atoms with E-state index in [-0.39, 0.29) is 24.8 Å². The molecule has 3 aliphatic rings. The summed E-state index contributed by atoms with van der Waals surface area (Å²) in [7, 11) is 0. The maximum atomic E-state index is 3.47. The standard InChI is InChI=1S/C17H33N3.2ClH/c1-2-11-20(10-1)15-17-6-13-19(14-7-17)12-5-16-3-8-18-9-4-16;;/h16-18H,1-15H2;2*1H. The normalized spacial score (nSPS) is 25.6. The average molecular weight is 352 g/mol. The van der Waals surface area contributed by atoms with Crippen LogP contribution >= 0.6 is 24.8 Å². The van der Waals surface area contributed by atoms with Gasteiger partial charge < -0.3 is 15.1 Å². The molecule has 0 aliphatic carbocycles. The van der Waals surface area contributed by atoms with Crippen molar-refractivity contribution in [3.05, 3.63) is 0 Å². The summed E-state index contributed by atoms with van der Waals surface area (Å²) in [6.45, 7) is 10.7. The van der Waals surface area contributed by atoms with Gasteiger partial charge >= 0.3 is 0 Å². The summed E-state index contributed by atoms with van der Waals surface area (Å²) in [5, 5.41) is 3.47. The van der Waals surface area contributed by atoms with Gasteiger partial charge in [0.2, 0.25) is 0 Å². The highest BCUT2D eigenvalue weighted by atomic mass is 35.5. The van der Waals surface area contributed by atoms with Crippen molar-refractivity contribution in [1.82, 2.24) is 15.1 Å². The number of hydrogen-bond acceptors (Lipinski definition) is 3. The highest BCUT2D eigenvalue weighted by molar-refractivity contribution is 5.85. The van der Waals surface area contributed by atoms with Crippen molar-refractivity contribution in [2.45, 2.75) is 44.9 Å². The van der Waals surface area contributed by atoms with Gasteiger partial charge in [-0.1, -0.05) is 0 Å². The van der Waals surface area contributed by atoms with Crippen LogP contribution in [-0.4, -0.2) is 62.2 Å². The summed E-state index contributed by atoms with van der Waals surface area (Å²) >= 11 is 0. The van der Waals surface area contributed by atoms with Gasteiger partial charge in [0.1, 0.15) is 0 Å². The first kappa shape index (κ1) is 20.5. The minimum Gasteiger partial charge on any atom is -0.317 e. The van der Waals surface area contributed by atoms with E-state index in [0.29, 0.717) is 0 Å². The number of nitrogens with one attached hydrogen (secondary N) is 1. The zero-order valence-corrected chi connectivity index (χ0v) is 15.6. The van der Waals surface area contributed by atoms with Crippen molar-refractivity contribution in [2.75, 3.05) is 52.4 Å². The van der Waals surface area contributed by atoms with Crippen molar-refractivity contribution in [3.63, 3.8) is 0 Å². The molecule has 1 N–H and O–H groups in total. The van der Waals surface area contributed by atoms with Crippen LogP contribution in [0.3, 0.4) is 0 Å². The number of hydrogen-bond donors (Lipinski definition) is 1. The fourth-order valence-corrected chi connectivity index (χ4v) is 4.26. The van der Waals surface area contributed by atoms with Crippen LogP contribution in [0.25, 0.3) is 0 Å². The summed E-state index contributed by atoms with van der Waals surface area (Å²) in [6.07, 6.45) is 10.0. The second kappa shape index (κ2) is 11.1. The molecule has 0 unspecified atom stereocenters. The molecule has 3 nitrogen and oxygen atoms in total. The zero-order chi connectivity index (χ0) is 13.6. The topological polar surface area (TPSA) is 18.5 Å². The molecular weight excluding hydrogens is 317 g/mol. The molecule has 132 valence electrons. The van der Waals surface area contributed by atoms with E-state index in [9.17, 15) is 0 Å². The molecule has 5 heteroatoms. The third kappa shape index (κ3) is 6.52. The smallest absolute Gasteiger partial charge is 0.00106 e. The Morgan fingerprint density at radius 3 is 2.00 bits per heavy atom. The Balaban J connectivity index is 0.00000121. The third-order valence-corrected chi connectivity index (χ3v) is 5.73. The van der Waals surface area contributed by atoms with Crippen molar-refractivity contribution in [1.29, 1.82) is 0 Å². The average Bonchev–Trinajstić information content (AvgIpc) is 3.01. The van der Waals surface area contributed by atoms with Crippen molar-refractivity contribution < 1.29 is 0 Å². The third-order valence-electron chi connectivity index (χ3n) is 5.73. The van der Waals surface area contributed by atoms with Crippen LogP contribution < -0.4 is 5.32 Å². The van der Waals surface area contributed by atoms with E-state index in [4.69, 9.17) is 0 Å². The van der Waals surface area contributed by atoms with Gasteiger partial charge in [-0.2, -0.15) is 0 Å². The van der Waals surface area contributed by atoms with E-state index in [0.717, 1.165) is 11.8 Å². The molecule has 0 radical (unpaired) electrons. The molecule has 3 rings (SSSR count). The Morgan fingerprint density at radius 1 is 0.727 bits per heavy atom. The molecule has 3 saturated heterocycles. The Morgan fingerprint density at radius 2 is 1.36 bits per heavy atom. The van der Waals surface area contributed by atoms with Crippen LogP contribution in [0, 0.1) is 11.8 Å². The maximum Gasteiger partial charge on any atom is 0.00106 e. The SMILES string of the molecule is C1CCN(CC2CCN(CCC3CCNCC3)CC2)C1.Cl.Cl. The van der Waals surface area contributed by atoms with Gasteiger partial charge in [-0.25, -0.2) is 0 Å². The zero-order valence-electron chi connectivity index (χ0n) is 14.0. The first-order valence-electron chi connectivity index (χ1n) is 9.05. The summed E-state index contributed by atoms with van der Waals surface area (Å²) in [4.78, 5) is 5.44. The van der Waals surface area contributed by atoms with E-state index in [1.54, 1.807) is 0 Å². The Bertz CT molecular complexity index is 271. The van der Waals surface area contributed by atoms with Gasteiger partial charge in [0.05, 0.1) is 0 Å². The van der Waals surface area contributed by atoms with Gasteiger partial charge in [0.25, 0.3) is 0 Å². The number of halogens is 2. The molecule has 0 aromatic rings. The molecule has 0 aromatic carbocycles. The summed E-state index contributed by atoms with van der Waals surface area (Å²) < 4.78 is 0. The lowest BCUT2D eigenvalue weighted by Gasteiger charge is -2.35. The predicted octanol–water partition coefficient (Wildman–Crippen LogP) is 3.03. The van der Waals surface area contributed by atoms with Crippen LogP contribution in [0.1, 0.15) is 44.9 Å². The highest BCUT2D eigenvalue weighted by Gasteiger charge is 2.23. The Hall–Kier alpha value is 0.460. The van der Waals surface area contributed by atoms with Gasteiger partial charge in [0.15, 0.2) is 0 Å². The molecule has 0 aromatic heterocycles. The first-order chi connectivity index (χ1) is 9.90. The lowest BCUT2D eigenvalue weighted by molar-refractivity contribution is 0.144. The lowest BCUT2D eigenvalue weighted by atomic mass is 9.92. The van der Waals surface area contributed by atoms with E-state index >= 15 is 0 Å². The maximum absolute atomic E-state index is 3.47. The molecule has 0 atom stereocenters. The molecular formula is C17H35Cl2N3. The summed E-state index contributed by atoms with van der Waals surface area (Å²) in [5.41, 5.74) is 0. The van der Waals surface area contributed by atoms with Gasteiger partial charge in [-0.15, -0.1) is 24.8 Å². The second-order valence-corrected chi connectivity index (χ2v) is 7.27. The molecule has 22 heavy (non-hydrogen) atoms. The fourth-order valence-electron chi connectivity index (χ4n) is 4.26. The van der Waals surface area contributed by atoms with Crippen molar-refractivity contribution in [2.24, 2.45) is 11.8 Å². The number of nitrogens with zero attached hydrogens (tertiary/aromatic N) is 2. The quantitative estimate of drug-likeness (QED) is 0.821. The van der Waals surface area contributed by atoms with Crippen LogP contribution in [0.5, 0.6) is 0 Å². The Kier molecular flexibility index (Phi) is 10.3. The van der Waals surface area contributed by atoms with Crippen LogP contribution in [-0.2, 0) is 0 Å². The van der Waals surface area contributed by atoms with Gasteiger partial charge in [0, 0.05) is 6.54 Å². The number of rotatable bonds is 5. The molecule has 3 aliphatic heterocycles. The van der Waals surface area contributed by atoms with Crippen LogP contribution in [0.2, 0.25) is 0 Å². The molecule has 3 fully saturated rings. The van der Waals surface area contributed by atoms with Gasteiger partial charge in [-0.05, 0) is 103 Å². The molecule has 0 saturated carbocycles. The minimum absolute atomic E-state index is 0. The predicted molar refractivity (Wildman–Crippen MR) is 99.5 cm³/mol. The molecule has 3 heterocycles. The highest BCUT2D eigenvalue weighted by Crippen LogP contribution is 2.22. The largest absolute Gasteiger partial charge is 0.317 e. The number of piperidine rings is 2. The van der Waals surface area contributed by atoms with E-state index in [1.165, 1.54) is 97.3 Å². The second-order valence-electron chi connectivity index (χ2n) is 7.27. The van der Waals surface area contributed by atoms with Gasteiger partial charge in [-0.3, -0.25) is 0 Å². The van der Waals surface area contributed by atoms with Crippen molar-refractivity contribution in [3.8, 4) is 0 Å². The Labute approximate surface area is 149 Å². The lowest BCUT2D eigenvalue weighted by Crippen LogP contribution is -2.39. The van der Waals surface area contributed by atoms with Crippen LogP contribution in [0.4, 0.5) is 0 Å². The van der Waals surface area contributed by atoms with E-state index < -0.39 is 0 Å². The molecule has 0 bridgehead atoms. The fraction of sp³-hybridized carbons (Fsp3) is 1.00. The minimum atomic E-state index is 0. The van der Waals surface area contributed by atoms with Crippen LogP contribution in [0.15, 0.2) is 0 Å².